The maximum atomic E-state index is 12.8. The Labute approximate surface area is 169 Å². The number of hydrogen-bond donors (Lipinski definition) is 1. The molecule has 1 unspecified atom stereocenters. The van der Waals surface area contributed by atoms with Gasteiger partial charge in [-0.05, 0) is 66.6 Å². The number of benzene rings is 2. The van der Waals surface area contributed by atoms with Crippen LogP contribution in [0.15, 0.2) is 47.6 Å². The number of anilines is 1. The number of alkyl halides is 3. The van der Waals surface area contributed by atoms with E-state index in [1.54, 1.807) is 11.6 Å². The van der Waals surface area contributed by atoms with Crippen LogP contribution in [0.4, 0.5) is 18.9 Å². The molecule has 0 aliphatic rings. The van der Waals surface area contributed by atoms with E-state index < -0.39 is 22.9 Å². The molecule has 0 saturated carbocycles. The van der Waals surface area contributed by atoms with Gasteiger partial charge in [0.25, 0.3) is 0 Å². The summed E-state index contributed by atoms with van der Waals surface area (Å²) in [6.45, 7) is 5.56. The highest BCUT2D eigenvalue weighted by Gasteiger charge is 2.30. The lowest BCUT2D eigenvalue weighted by Crippen LogP contribution is -2.23. The summed E-state index contributed by atoms with van der Waals surface area (Å²) in [5.74, 6) is -0.454. The highest BCUT2D eigenvalue weighted by Crippen LogP contribution is 2.31. The van der Waals surface area contributed by atoms with E-state index in [4.69, 9.17) is 0 Å². The largest absolute Gasteiger partial charge is 0.416 e. The molecule has 1 N–H and O–H groups in total. The van der Waals surface area contributed by atoms with Gasteiger partial charge in [-0.15, -0.1) is 5.10 Å². The first kappa shape index (κ1) is 20.8. The summed E-state index contributed by atoms with van der Waals surface area (Å²) in [6, 6.07) is 10.2. The van der Waals surface area contributed by atoms with Crippen molar-refractivity contribution in [3.8, 4) is 5.69 Å². The molecule has 6 nitrogen and oxygen atoms in total. The quantitative estimate of drug-likeness (QED) is 0.618. The third-order valence-corrected chi connectivity index (χ3v) is 5.39. The Morgan fingerprint density at radius 3 is 2.62 bits per heavy atom. The maximum absolute atomic E-state index is 12.8. The van der Waals surface area contributed by atoms with E-state index in [0.717, 1.165) is 40.7 Å². The van der Waals surface area contributed by atoms with Gasteiger partial charge < -0.3 is 5.32 Å². The molecule has 3 aromatic rings. The van der Waals surface area contributed by atoms with Crippen molar-refractivity contribution in [2.45, 2.75) is 37.4 Å². The second-order valence-corrected chi connectivity index (χ2v) is 7.73. The van der Waals surface area contributed by atoms with Gasteiger partial charge in [-0.1, -0.05) is 30.0 Å². The van der Waals surface area contributed by atoms with Crippen LogP contribution in [0.3, 0.4) is 0 Å². The van der Waals surface area contributed by atoms with Crippen LogP contribution in [-0.2, 0) is 11.0 Å². The Balaban J connectivity index is 1.75. The highest BCUT2D eigenvalue weighted by molar-refractivity contribution is 8.00. The predicted molar refractivity (Wildman–Crippen MR) is 104 cm³/mol. The van der Waals surface area contributed by atoms with Crippen molar-refractivity contribution in [1.29, 1.82) is 0 Å². The van der Waals surface area contributed by atoms with E-state index in [1.165, 1.54) is 12.1 Å². The summed E-state index contributed by atoms with van der Waals surface area (Å²) in [6.07, 6.45) is -4.48. The van der Waals surface area contributed by atoms with Crippen LogP contribution < -0.4 is 5.32 Å². The number of hydrogen-bond acceptors (Lipinski definition) is 5. The molecule has 0 saturated heterocycles. The molecular weight excluding hydrogens is 403 g/mol. The fourth-order valence-corrected chi connectivity index (χ4v) is 3.40. The number of nitrogens with zero attached hydrogens (tertiary/aromatic N) is 4. The molecule has 0 fully saturated rings. The SMILES string of the molecule is Cc1cccc(-n2nnnc2SC(C)C(=O)Nc2cccc(C(F)(F)F)c2)c1C. The lowest BCUT2D eigenvalue weighted by atomic mass is 10.1. The minimum Gasteiger partial charge on any atom is -0.325 e. The van der Waals surface area contributed by atoms with Crippen molar-refractivity contribution >= 4 is 23.4 Å². The van der Waals surface area contributed by atoms with Crippen LogP contribution in [0.2, 0.25) is 0 Å². The number of tetrazole rings is 1. The number of halogens is 3. The first-order valence-electron chi connectivity index (χ1n) is 8.66. The van der Waals surface area contributed by atoms with Gasteiger partial charge in [0, 0.05) is 5.69 Å². The second-order valence-electron chi connectivity index (χ2n) is 6.42. The van der Waals surface area contributed by atoms with E-state index in [-0.39, 0.29) is 5.69 Å². The van der Waals surface area contributed by atoms with Crippen LogP contribution >= 0.6 is 11.8 Å². The molecule has 0 spiro atoms. The molecule has 1 amide bonds. The molecule has 10 heteroatoms. The van der Waals surface area contributed by atoms with Gasteiger partial charge >= 0.3 is 6.18 Å². The lowest BCUT2D eigenvalue weighted by molar-refractivity contribution is -0.137. The van der Waals surface area contributed by atoms with Crippen LogP contribution in [-0.4, -0.2) is 31.4 Å². The zero-order valence-corrected chi connectivity index (χ0v) is 16.7. The minimum absolute atomic E-state index is 0.0754. The molecule has 3 rings (SSSR count). The highest BCUT2D eigenvalue weighted by atomic mass is 32.2. The van der Waals surface area contributed by atoms with Gasteiger partial charge in [-0.2, -0.15) is 17.9 Å². The van der Waals surface area contributed by atoms with Crippen molar-refractivity contribution < 1.29 is 18.0 Å². The van der Waals surface area contributed by atoms with Crippen molar-refractivity contribution in [3.63, 3.8) is 0 Å². The molecule has 0 aliphatic carbocycles. The van der Waals surface area contributed by atoms with E-state index in [1.807, 2.05) is 32.0 Å². The zero-order valence-electron chi connectivity index (χ0n) is 15.9. The third kappa shape index (κ3) is 4.76. The summed E-state index contributed by atoms with van der Waals surface area (Å²) < 4.78 is 40.1. The van der Waals surface area contributed by atoms with E-state index in [0.29, 0.717) is 5.16 Å². The topological polar surface area (TPSA) is 72.7 Å². The number of thioether (sulfide) groups is 1. The van der Waals surface area contributed by atoms with Gasteiger partial charge in [0.2, 0.25) is 11.1 Å². The number of nitrogens with one attached hydrogen (secondary N) is 1. The number of aromatic nitrogens is 4. The van der Waals surface area contributed by atoms with Crippen LogP contribution in [0.1, 0.15) is 23.6 Å². The molecule has 1 heterocycles. The average molecular weight is 421 g/mol. The third-order valence-electron chi connectivity index (χ3n) is 4.35. The fourth-order valence-electron chi connectivity index (χ4n) is 2.60. The summed E-state index contributed by atoms with van der Waals surface area (Å²) in [7, 11) is 0. The predicted octanol–water partition coefficient (Wildman–Crippen LogP) is 4.42. The van der Waals surface area contributed by atoms with E-state index in [9.17, 15) is 18.0 Å². The molecule has 2 aromatic carbocycles. The second kappa shape index (κ2) is 8.24. The van der Waals surface area contributed by atoms with Gasteiger partial charge in [0.1, 0.15) is 0 Å². The standard InChI is InChI=1S/C19H18F3N5OS/c1-11-6-4-9-16(12(11)2)27-18(24-25-26-27)29-13(3)17(28)23-15-8-5-7-14(10-15)19(20,21)22/h4-10,13H,1-3H3,(H,23,28). The Morgan fingerprint density at radius 2 is 1.90 bits per heavy atom. The van der Waals surface area contributed by atoms with Crippen molar-refractivity contribution in [2.75, 3.05) is 5.32 Å². The fraction of sp³-hybridized carbons (Fsp3) is 0.263. The molecule has 152 valence electrons. The summed E-state index contributed by atoms with van der Waals surface area (Å²) in [5.41, 5.74) is 2.12. The van der Waals surface area contributed by atoms with Gasteiger partial charge in [-0.25, -0.2) is 0 Å². The number of aryl methyl sites for hydroxylation is 1. The molecule has 1 atom stereocenters. The number of carbonyl (C=O) groups excluding carboxylic acids is 1. The summed E-state index contributed by atoms with van der Waals surface area (Å²) >= 11 is 1.12. The molecule has 0 aliphatic heterocycles. The Morgan fingerprint density at radius 1 is 1.17 bits per heavy atom. The zero-order chi connectivity index (χ0) is 21.2. The normalized spacial score (nSPS) is 12.6. The van der Waals surface area contributed by atoms with Gasteiger partial charge in [0.15, 0.2) is 0 Å². The van der Waals surface area contributed by atoms with Crippen molar-refractivity contribution in [3.05, 3.63) is 59.2 Å². The molecular formula is C19H18F3N5OS. The summed E-state index contributed by atoms with van der Waals surface area (Å²) in [4.78, 5) is 12.5. The Kier molecular flexibility index (Phi) is 5.92. The maximum Gasteiger partial charge on any atom is 0.416 e. The van der Waals surface area contributed by atoms with E-state index in [2.05, 4.69) is 20.8 Å². The van der Waals surface area contributed by atoms with Crippen LogP contribution in [0, 0.1) is 13.8 Å². The van der Waals surface area contributed by atoms with Gasteiger partial charge in [0.05, 0.1) is 16.5 Å². The molecule has 0 bridgehead atoms. The smallest absolute Gasteiger partial charge is 0.325 e. The first-order chi connectivity index (χ1) is 13.7. The molecule has 1 aromatic heterocycles. The van der Waals surface area contributed by atoms with E-state index >= 15 is 0 Å². The summed E-state index contributed by atoms with van der Waals surface area (Å²) in [5, 5.41) is 13.9. The van der Waals surface area contributed by atoms with Crippen LogP contribution in [0.25, 0.3) is 5.69 Å². The average Bonchev–Trinajstić information content (AvgIpc) is 3.11. The number of amides is 1. The lowest BCUT2D eigenvalue weighted by Gasteiger charge is -2.14. The monoisotopic (exact) mass is 421 g/mol. The number of rotatable bonds is 5. The van der Waals surface area contributed by atoms with Crippen molar-refractivity contribution in [1.82, 2.24) is 20.2 Å². The number of carbonyl (C=O) groups is 1. The van der Waals surface area contributed by atoms with Crippen molar-refractivity contribution in [2.24, 2.45) is 0 Å². The van der Waals surface area contributed by atoms with Gasteiger partial charge in [-0.3, -0.25) is 4.79 Å². The molecule has 0 radical (unpaired) electrons. The first-order valence-corrected chi connectivity index (χ1v) is 9.54. The van der Waals surface area contributed by atoms with Crippen LogP contribution in [0.5, 0.6) is 0 Å². The molecule has 29 heavy (non-hydrogen) atoms. The Bertz CT molecular complexity index is 1030. The minimum atomic E-state index is -4.48. The Hall–Kier alpha value is -2.88.